The molecule has 6 heteroatoms. The molecule has 1 fully saturated rings. The molecule has 2 rings (SSSR count). The Morgan fingerprint density at radius 3 is 3.12 bits per heavy atom. The molecule has 1 atom stereocenters. The molecule has 1 aliphatic rings. The number of aliphatic hydroxyl groups is 1. The van der Waals surface area contributed by atoms with Crippen LogP contribution < -0.4 is 4.90 Å². The largest absolute Gasteiger partial charge is 0.396 e. The highest BCUT2D eigenvalue weighted by molar-refractivity contribution is 7.98. The molecule has 2 heterocycles. The average molecular weight is 274 g/mol. The van der Waals surface area contributed by atoms with Gasteiger partial charge >= 0.3 is 0 Å². The molecule has 0 saturated carbocycles. The number of piperidine rings is 1. The Morgan fingerprint density at radius 1 is 1.59 bits per heavy atom. The van der Waals surface area contributed by atoms with Crippen LogP contribution in [0, 0.1) is 5.92 Å². The van der Waals surface area contributed by atoms with E-state index < -0.39 is 0 Å². The Balaban J connectivity index is 2.18. The highest BCUT2D eigenvalue weighted by atomic mass is 35.5. The lowest BCUT2D eigenvalue weighted by atomic mass is 9.99. The maximum absolute atomic E-state index is 9.22. The quantitative estimate of drug-likeness (QED) is 0.519. The molecule has 1 aliphatic heterocycles. The van der Waals surface area contributed by atoms with Crippen LogP contribution in [0.25, 0.3) is 0 Å². The zero-order chi connectivity index (χ0) is 12.3. The summed E-state index contributed by atoms with van der Waals surface area (Å²) in [5.74, 6) is 1.21. The van der Waals surface area contributed by atoms with Gasteiger partial charge in [0.2, 0.25) is 0 Å². The van der Waals surface area contributed by atoms with Crippen molar-refractivity contribution in [3.63, 3.8) is 0 Å². The summed E-state index contributed by atoms with van der Waals surface area (Å²) in [6, 6.07) is 1.79. The van der Waals surface area contributed by atoms with E-state index in [0.717, 1.165) is 31.7 Å². The second-order valence-corrected chi connectivity index (χ2v) is 5.33. The molecule has 1 aromatic rings. The SMILES string of the molecule is CSc1nc(Cl)cc(N2CCCC(CO)C2)n1. The first kappa shape index (κ1) is 12.9. The molecule has 1 saturated heterocycles. The Hall–Kier alpha value is -0.520. The predicted molar refractivity (Wildman–Crippen MR) is 70.8 cm³/mol. The maximum Gasteiger partial charge on any atom is 0.190 e. The number of hydrogen-bond donors (Lipinski definition) is 1. The second kappa shape index (κ2) is 5.89. The molecule has 0 aromatic carbocycles. The fourth-order valence-corrected chi connectivity index (χ4v) is 2.66. The average Bonchev–Trinajstić information content (AvgIpc) is 2.38. The van der Waals surface area contributed by atoms with Crippen molar-refractivity contribution in [2.45, 2.75) is 18.0 Å². The van der Waals surface area contributed by atoms with E-state index >= 15 is 0 Å². The van der Waals surface area contributed by atoms with E-state index in [1.807, 2.05) is 6.26 Å². The number of anilines is 1. The third kappa shape index (κ3) is 3.24. The van der Waals surface area contributed by atoms with Crippen molar-refractivity contribution < 1.29 is 5.11 Å². The monoisotopic (exact) mass is 273 g/mol. The van der Waals surface area contributed by atoms with Crippen molar-refractivity contribution in [2.24, 2.45) is 5.92 Å². The van der Waals surface area contributed by atoms with Crippen LogP contribution >= 0.6 is 23.4 Å². The van der Waals surface area contributed by atoms with Gasteiger partial charge in [-0.3, -0.25) is 0 Å². The van der Waals surface area contributed by atoms with Crippen LogP contribution in [-0.2, 0) is 0 Å². The smallest absolute Gasteiger partial charge is 0.190 e. The molecule has 0 bridgehead atoms. The Bertz CT molecular complexity index is 391. The van der Waals surface area contributed by atoms with E-state index in [2.05, 4.69) is 14.9 Å². The highest BCUT2D eigenvalue weighted by Crippen LogP contribution is 2.25. The Kier molecular flexibility index (Phi) is 4.48. The van der Waals surface area contributed by atoms with Gasteiger partial charge < -0.3 is 10.0 Å². The molecule has 0 radical (unpaired) electrons. The summed E-state index contributed by atoms with van der Waals surface area (Å²) in [5, 5.41) is 10.4. The number of thioether (sulfide) groups is 1. The number of rotatable bonds is 3. The zero-order valence-electron chi connectivity index (χ0n) is 9.77. The summed E-state index contributed by atoms with van der Waals surface area (Å²) in [7, 11) is 0. The van der Waals surface area contributed by atoms with Gasteiger partial charge in [0.15, 0.2) is 5.16 Å². The van der Waals surface area contributed by atoms with Gasteiger partial charge in [-0.1, -0.05) is 23.4 Å². The third-order valence-corrected chi connectivity index (χ3v) is 3.69. The summed E-state index contributed by atoms with van der Waals surface area (Å²) < 4.78 is 0. The van der Waals surface area contributed by atoms with Crippen molar-refractivity contribution in [3.05, 3.63) is 11.2 Å². The van der Waals surface area contributed by atoms with Crippen LogP contribution in [0.2, 0.25) is 5.15 Å². The molecular weight excluding hydrogens is 258 g/mol. The van der Waals surface area contributed by atoms with Gasteiger partial charge in [-0.15, -0.1) is 0 Å². The normalized spacial score (nSPS) is 20.6. The minimum Gasteiger partial charge on any atom is -0.396 e. The van der Waals surface area contributed by atoms with Gasteiger partial charge in [0.25, 0.3) is 0 Å². The Morgan fingerprint density at radius 2 is 2.41 bits per heavy atom. The summed E-state index contributed by atoms with van der Waals surface area (Å²) in [5.41, 5.74) is 0. The first-order chi connectivity index (χ1) is 8.22. The van der Waals surface area contributed by atoms with Gasteiger partial charge in [0, 0.05) is 25.8 Å². The van der Waals surface area contributed by atoms with E-state index in [0.29, 0.717) is 16.2 Å². The van der Waals surface area contributed by atoms with Gasteiger partial charge in [-0.05, 0) is 25.0 Å². The zero-order valence-corrected chi connectivity index (χ0v) is 11.3. The van der Waals surface area contributed by atoms with Gasteiger partial charge in [0.1, 0.15) is 11.0 Å². The lowest BCUT2D eigenvalue weighted by Gasteiger charge is -2.32. The predicted octanol–water partition coefficient (Wildman–Crippen LogP) is 2.06. The third-order valence-electron chi connectivity index (χ3n) is 2.94. The molecule has 0 amide bonds. The van der Waals surface area contributed by atoms with E-state index in [9.17, 15) is 5.11 Å². The summed E-state index contributed by atoms with van der Waals surface area (Å²) in [6.07, 6.45) is 4.10. The highest BCUT2D eigenvalue weighted by Gasteiger charge is 2.21. The van der Waals surface area contributed by atoms with Crippen molar-refractivity contribution in [2.75, 3.05) is 30.9 Å². The molecule has 1 unspecified atom stereocenters. The van der Waals surface area contributed by atoms with Crippen molar-refractivity contribution in [1.82, 2.24) is 9.97 Å². The van der Waals surface area contributed by atoms with Crippen LogP contribution in [0.3, 0.4) is 0 Å². The first-order valence-corrected chi connectivity index (χ1v) is 7.27. The second-order valence-electron chi connectivity index (χ2n) is 4.17. The fourth-order valence-electron chi connectivity index (χ4n) is 2.06. The van der Waals surface area contributed by atoms with E-state index in [1.165, 1.54) is 11.8 Å². The molecular formula is C11H16ClN3OS. The lowest BCUT2D eigenvalue weighted by molar-refractivity contribution is 0.208. The number of aromatic nitrogens is 2. The van der Waals surface area contributed by atoms with E-state index in [1.54, 1.807) is 6.07 Å². The molecule has 1 N–H and O–H groups in total. The number of halogens is 1. The maximum atomic E-state index is 9.22. The standard InChI is InChI=1S/C11H16ClN3OS/c1-17-11-13-9(12)5-10(14-11)15-4-2-3-8(6-15)7-16/h5,8,16H,2-4,6-7H2,1H3. The van der Waals surface area contributed by atoms with Crippen LogP contribution in [0.5, 0.6) is 0 Å². The minimum absolute atomic E-state index is 0.241. The number of hydrogen-bond acceptors (Lipinski definition) is 5. The van der Waals surface area contributed by atoms with Crippen LogP contribution in [0.4, 0.5) is 5.82 Å². The van der Waals surface area contributed by atoms with Crippen LogP contribution in [-0.4, -0.2) is 41.0 Å². The van der Waals surface area contributed by atoms with Gasteiger partial charge in [-0.25, -0.2) is 9.97 Å². The molecule has 4 nitrogen and oxygen atoms in total. The molecule has 0 spiro atoms. The van der Waals surface area contributed by atoms with Crippen molar-refractivity contribution in [1.29, 1.82) is 0 Å². The summed E-state index contributed by atoms with van der Waals surface area (Å²) in [6.45, 7) is 2.06. The number of nitrogens with zero attached hydrogens (tertiary/aromatic N) is 3. The minimum atomic E-state index is 0.241. The first-order valence-electron chi connectivity index (χ1n) is 5.67. The van der Waals surface area contributed by atoms with E-state index in [4.69, 9.17) is 11.6 Å². The van der Waals surface area contributed by atoms with Crippen molar-refractivity contribution >= 4 is 29.2 Å². The Labute approximate surface area is 110 Å². The molecule has 17 heavy (non-hydrogen) atoms. The number of aliphatic hydroxyl groups excluding tert-OH is 1. The molecule has 94 valence electrons. The fraction of sp³-hybridized carbons (Fsp3) is 0.636. The molecule has 0 aliphatic carbocycles. The lowest BCUT2D eigenvalue weighted by Crippen LogP contribution is -2.37. The van der Waals surface area contributed by atoms with Gasteiger partial charge in [-0.2, -0.15) is 0 Å². The topological polar surface area (TPSA) is 49.2 Å². The van der Waals surface area contributed by atoms with Crippen molar-refractivity contribution in [3.8, 4) is 0 Å². The van der Waals surface area contributed by atoms with Crippen LogP contribution in [0.15, 0.2) is 11.2 Å². The van der Waals surface area contributed by atoms with Gasteiger partial charge in [0.05, 0.1) is 0 Å². The molecule has 1 aromatic heterocycles. The summed E-state index contributed by atoms with van der Waals surface area (Å²) in [4.78, 5) is 10.8. The van der Waals surface area contributed by atoms with Crippen LogP contribution in [0.1, 0.15) is 12.8 Å². The van der Waals surface area contributed by atoms with E-state index in [-0.39, 0.29) is 6.61 Å². The summed E-state index contributed by atoms with van der Waals surface area (Å²) >= 11 is 7.46.